The molecule has 21 heavy (non-hydrogen) atoms. The van der Waals surface area contributed by atoms with Crippen LogP contribution >= 0.6 is 34.4 Å². The monoisotopic (exact) mass is 415 g/mol. The van der Waals surface area contributed by atoms with E-state index < -0.39 is 22.6 Å². The third kappa shape index (κ3) is 3.08. The molecule has 2 rings (SSSR count). The molecular weight excluding hydrogens is 405 g/mol. The van der Waals surface area contributed by atoms with Crippen LogP contribution in [-0.2, 0) is 19.2 Å². The number of Topliss-reactive ketones (excluding diaryl/α,β-unsaturated/α-hetero) is 2. The van der Waals surface area contributed by atoms with Gasteiger partial charge in [-0.1, -0.05) is 0 Å². The number of hydrogen-bond donors (Lipinski definition) is 0. The Labute approximate surface area is 138 Å². The normalized spacial score (nSPS) is 14.6. The molecule has 1 amide bonds. The van der Waals surface area contributed by atoms with Gasteiger partial charge in [0.2, 0.25) is 0 Å². The topological polar surface area (TPSA) is 71.5 Å². The molecular formula is C14H10INO4S. The zero-order valence-corrected chi connectivity index (χ0v) is 14.1. The third-order valence-electron chi connectivity index (χ3n) is 2.77. The zero-order valence-electron chi connectivity index (χ0n) is 11.2. The second-order valence-electron chi connectivity index (χ2n) is 4.30. The van der Waals surface area contributed by atoms with Gasteiger partial charge < -0.3 is 0 Å². The van der Waals surface area contributed by atoms with Crippen molar-refractivity contribution in [3.63, 3.8) is 0 Å². The predicted octanol–water partition coefficient (Wildman–Crippen LogP) is 2.29. The Kier molecular flexibility index (Phi) is 4.62. The van der Waals surface area contributed by atoms with Crippen LogP contribution in [0.2, 0.25) is 0 Å². The molecule has 108 valence electrons. The second kappa shape index (κ2) is 6.10. The Morgan fingerprint density at radius 3 is 2.05 bits per heavy atom. The molecule has 5 nitrogen and oxygen atoms in total. The minimum absolute atomic E-state index is 0.0891. The van der Waals surface area contributed by atoms with E-state index in [9.17, 15) is 19.2 Å². The van der Waals surface area contributed by atoms with Gasteiger partial charge in [0.05, 0.1) is 5.57 Å². The number of nitrogens with zero attached hydrogens (tertiary/aromatic N) is 1. The van der Waals surface area contributed by atoms with Crippen LogP contribution in [0.1, 0.15) is 13.8 Å². The molecule has 0 N–H and O–H groups in total. The van der Waals surface area contributed by atoms with E-state index in [4.69, 9.17) is 0 Å². The first kappa shape index (κ1) is 15.9. The van der Waals surface area contributed by atoms with Gasteiger partial charge >= 0.3 is 5.91 Å². The van der Waals surface area contributed by atoms with Crippen molar-refractivity contribution in [2.24, 2.45) is 0 Å². The number of carbonyl (C=O) groups excluding carboxylic acids is 4. The van der Waals surface area contributed by atoms with Crippen molar-refractivity contribution < 1.29 is 19.2 Å². The minimum Gasteiger partial charge on any atom is -0.294 e. The summed E-state index contributed by atoms with van der Waals surface area (Å²) in [5, 5.41) is -0.616. The SMILES string of the molecule is CC(=O)C(C(C)=O)=C1SC(=O)C(=O)N1c1ccc(I)cc1. The first-order valence-corrected chi connectivity index (χ1v) is 7.80. The number of amides is 1. The van der Waals surface area contributed by atoms with Crippen LogP contribution in [-0.4, -0.2) is 22.6 Å². The summed E-state index contributed by atoms with van der Waals surface area (Å²) in [5.74, 6) is -1.69. The molecule has 1 aromatic rings. The highest BCUT2D eigenvalue weighted by molar-refractivity contribution is 14.1. The van der Waals surface area contributed by atoms with Gasteiger partial charge in [-0.3, -0.25) is 24.1 Å². The maximum absolute atomic E-state index is 12.0. The number of ketones is 2. The fourth-order valence-electron chi connectivity index (χ4n) is 1.90. The summed E-state index contributed by atoms with van der Waals surface area (Å²) in [6.07, 6.45) is 0. The number of hydrogen-bond acceptors (Lipinski definition) is 5. The van der Waals surface area contributed by atoms with Gasteiger partial charge in [-0.05, 0) is 72.5 Å². The van der Waals surface area contributed by atoms with E-state index in [1.165, 1.54) is 13.8 Å². The van der Waals surface area contributed by atoms with Crippen LogP contribution in [0.3, 0.4) is 0 Å². The van der Waals surface area contributed by atoms with Crippen molar-refractivity contribution in [2.45, 2.75) is 13.8 Å². The molecule has 0 bridgehead atoms. The highest BCUT2D eigenvalue weighted by Gasteiger charge is 2.40. The molecule has 0 unspecified atom stereocenters. The van der Waals surface area contributed by atoms with Gasteiger partial charge in [0.25, 0.3) is 5.12 Å². The van der Waals surface area contributed by atoms with Crippen LogP contribution < -0.4 is 4.90 Å². The highest BCUT2D eigenvalue weighted by Crippen LogP contribution is 2.37. The van der Waals surface area contributed by atoms with Crippen LogP contribution in [0.25, 0.3) is 0 Å². The van der Waals surface area contributed by atoms with E-state index in [1.807, 2.05) is 0 Å². The summed E-state index contributed by atoms with van der Waals surface area (Å²) >= 11 is 2.73. The fourth-order valence-corrected chi connectivity index (χ4v) is 3.28. The van der Waals surface area contributed by atoms with Gasteiger partial charge in [-0.2, -0.15) is 0 Å². The summed E-state index contributed by atoms with van der Waals surface area (Å²) in [6, 6.07) is 6.87. The number of allylic oxidation sites excluding steroid dienone is 1. The fraction of sp³-hybridized carbons (Fsp3) is 0.143. The van der Waals surface area contributed by atoms with Gasteiger partial charge in [-0.15, -0.1) is 0 Å². The van der Waals surface area contributed by atoms with Gasteiger partial charge in [0, 0.05) is 9.26 Å². The van der Waals surface area contributed by atoms with E-state index in [0.29, 0.717) is 17.4 Å². The minimum atomic E-state index is -0.754. The summed E-state index contributed by atoms with van der Waals surface area (Å²) in [4.78, 5) is 48.2. The molecule has 1 aliphatic heterocycles. The first-order valence-electron chi connectivity index (χ1n) is 5.91. The van der Waals surface area contributed by atoms with Crippen molar-refractivity contribution >= 4 is 62.6 Å². The van der Waals surface area contributed by atoms with E-state index in [0.717, 1.165) is 8.47 Å². The summed E-state index contributed by atoms with van der Waals surface area (Å²) in [7, 11) is 0. The van der Waals surface area contributed by atoms with Crippen molar-refractivity contribution in [3.05, 3.63) is 38.4 Å². The molecule has 0 aromatic heterocycles. The largest absolute Gasteiger partial charge is 0.311 e. The molecule has 0 aliphatic carbocycles. The Balaban J connectivity index is 2.64. The molecule has 0 saturated carbocycles. The third-order valence-corrected chi connectivity index (χ3v) is 4.43. The summed E-state index contributed by atoms with van der Waals surface area (Å²) in [5.41, 5.74) is 0.325. The lowest BCUT2D eigenvalue weighted by molar-refractivity contribution is -0.130. The van der Waals surface area contributed by atoms with Crippen molar-refractivity contribution in [2.75, 3.05) is 4.90 Å². The molecule has 0 atom stereocenters. The van der Waals surface area contributed by atoms with Crippen LogP contribution in [0.5, 0.6) is 0 Å². The number of halogens is 1. The molecule has 1 heterocycles. The lowest BCUT2D eigenvalue weighted by Crippen LogP contribution is -2.28. The standard InChI is InChI=1S/C14H10INO4S/c1-7(17)11(8(2)18)13-16(12(19)14(20)21-13)10-5-3-9(15)4-6-10/h3-6H,1-2H3. The molecule has 1 fully saturated rings. The van der Waals surface area contributed by atoms with Crippen LogP contribution in [0.4, 0.5) is 5.69 Å². The Bertz CT molecular complexity index is 677. The zero-order chi connectivity index (χ0) is 15.7. The van der Waals surface area contributed by atoms with Gasteiger partial charge in [0.1, 0.15) is 5.03 Å². The molecule has 7 heteroatoms. The lowest BCUT2D eigenvalue weighted by atomic mass is 10.1. The number of rotatable bonds is 3. The molecule has 1 saturated heterocycles. The number of thioether (sulfide) groups is 1. The average Bonchev–Trinajstić information content (AvgIpc) is 2.66. The Morgan fingerprint density at radius 1 is 1.05 bits per heavy atom. The maximum atomic E-state index is 12.0. The van der Waals surface area contributed by atoms with E-state index in [-0.39, 0.29) is 10.6 Å². The number of benzene rings is 1. The first-order chi connectivity index (χ1) is 9.82. The highest BCUT2D eigenvalue weighted by atomic mass is 127. The molecule has 0 radical (unpaired) electrons. The summed E-state index contributed by atoms with van der Waals surface area (Å²) < 4.78 is 0.964. The lowest BCUT2D eigenvalue weighted by Gasteiger charge is -2.18. The maximum Gasteiger partial charge on any atom is 0.311 e. The summed E-state index contributed by atoms with van der Waals surface area (Å²) in [6.45, 7) is 2.48. The number of anilines is 1. The second-order valence-corrected chi connectivity index (χ2v) is 6.51. The molecule has 1 aliphatic rings. The Hall–Kier alpha value is -1.48. The van der Waals surface area contributed by atoms with Gasteiger partial charge in [-0.25, -0.2) is 0 Å². The molecule has 1 aromatic carbocycles. The smallest absolute Gasteiger partial charge is 0.294 e. The van der Waals surface area contributed by atoms with Crippen LogP contribution in [0.15, 0.2) is 34.9 Å². The van der Waals surface area contributed by atoms with Crippen molar-refractivity contribution in [1.29, 1.82) is 0 Å². The van der Waals surface area contributed by atoms with Crippen LogP contribution in [0, 0.1) is 3.57 Å². The Morgan fingerprint density at radius 2 is 1.57 bits per heavy atom. The van der Waals surface area contributed by atoms with Crippen molar-refractivity contribution in [3.8, 4) is 0 Å². The quantitative estimate of drug-likeness (QED) is 0.249. The van der Waals surface area contributed by atoms with E-state index in [1.54, 1.807) is 24.3 Å². The van der Waals surface area contributed by atoms with Gasteiger partial charge in [0.15, 0.2) is 11.6 Å². The molecule has 0 spiro atoms. The van der Waals surface area contributed by atoms with E-state index in [2.05, 4.69) is 22.6 Å². The average molecular weight is 415 g/mol. The number of carbonyl (C=O) groups is 4. The predicted molar refractivity (Wildman–Crippen MR) is 87.6 cm³/mol. The van der Waals surface area contributed by atoms with E-state index >= 15 is 0 Å². The van der Waals surface area contributed by atoms with Crippen molar-refractivity contribution in [1.82, 2.24) is 0 Å².